The predicted molar refractivity (Wildman–Crippen MR) is 115 cm³/mol. The maximum Gasteiger partial charge on any atom is 0.259 e. The molecule has 5 rings (SSSR count). The Morgan fingerprint density at radius 1 is 1.17 bits per heavy atom. The number of amides is 2. The van der Waals surface area contributed by atoms with E-state index in [1.807, 2.05) is 19.1 Å². The number of aromatic nitrogens is 1. The number of hydrogen-bond acceptors (Lipinski definition) is 5. The molecule has 5 nitrogen and oxygen atoms in total. The molecule has 2 amide bonds. The van der Waals surface area contributed by atoms with E-state index in [0.717, 1.165) is 65.8 Å². The van der Waals surface area contributed by atoms with Gasteiger partial charge in [0.25, 0.3) is 11.8 Å². The maximum absolute atomic E-state index is 13.4. The number of carbonyl (C=O) groups excluding carboxylic acids is 2. The van der Waals surface area contributed by atoms with E-state index in [4.69, 9.17) is 0 Å². The minimum Gasteiger partial charge on any atom is -0.303 e. The van der Waals surface area contributed by atoms with Crippen LogP contribution >= 0.6 is 11.5 Å². The average Bonchev–Trinajstić information content (AvgIpc) is 3.28. The van der Waals surface area contributed by atoms with Crippen molar-refractivity contribution in [2.75, 3.05) is 19.6 Å². The summed E-state index contributed by atoms with van der Waals surface area (Å²) in [5.41, 5.74) is 4.17. The second-order valence-corrected chi connectivity index (χ2v) is 8.95. The van der Waals surface area contributed by atoms with Crippen LogP contribution in [0.25, 0.3) is 10.1 Å². The lowest BCUT2D eigenvalue weighted by Crippen LogP contribution is -2.34. The summed E-state index contributed by atoms with van der Waals surface area (Å²) in [7, 11) is 0. The number of fused-ring (bicyclic) bond motifs is 2. The van der Waals surface area contributed by atoms with E-state index < -0.39 is 0 Å². The van der Waals surface area contributed by atoms with Crippen LogP contribution in [0.4, 0.5) is 4.39 Å². The van der Waals surface area contributed by atoms with Crippen LogP contribution in [0.15, 0.2) is 30.3 Å². The first-order valence-corrected chi connectivity index (χ1v) is 11.0. The van der Waals surface area contributed by atoms with E-state index in [9.17, 15) is 14.0 Å². The number of carbonyl (C=O) groups is 2. The lowest BCUT2D eigenvalue weighted by atomic mass is 9.91. The fraction of sp³-hybridized carbons (Fsp3) is 0.348. The van der Waals surface area contributed by atoms with E-state index >= 15 is 0 Å². The lowest BCUT2D eigenvalue weighted by molar-refractivity contribution is 0.0879. The van der Waals surface area contributed by atoms with Crippen LogP contribution in [0, 0.1) is 12.7 Å². The van der Waals surface area contributed by atoms with Gasteiger partial charge >= 0.3 is 0 Å². The SMILES string of the molecule is Cc1ccc2c(c1CCN1CCC(c3nsc4cc(F)ccc34)CC1)C(=O)NC2=O. The van der Waals surface area contributed by atoms with Gasteiger partial charge < -0.3 is 4.90 Å². The van der Waals surface area contributed by atoms with Crippen molar-refractivity contribution < 1.29 is 14.0 Å². The number of nitrogens with one attached hydrogen (secondary N) is 1. The summed E-state index contributed by atoms with van der Waals surface area (Å²) in [6.07, 6.45) is 2.78. The van der Waals surface area contributed by atoms with Crippen LogP contribution in [-0.4, -0.2) is 40.7 Å². The summed E-state index contributed by atoms with van der Waals surface area (Å²) in [6.45, 7) is 4.77. The summed E-state index contributed by atoms with van der Waals surface area (Å²) in [4.78, 5) is 26.6. The Morgan fingerprint density at radius 2 is 1.97 bits per heavy atom. The van der Waals surface area contributed by atoms with Crippen molar-refractivity contribution >= 4 is 33.4 Å². The van der Waals surface area contributed by atoms with Crippen LogP contribution in [0.2, 0.25) is 0 Å². The average molecular weight is 424 g/mol. The number of rotatable bonds is 4. The van der Waals surface area contributed by atoms with E-state index in [0.29, 0.717) is 17.0 Å². The van der Waals surface area contributed by atoms with Crippen molar-refractivity contribution in [3.8, 4) is 0 Å². The summed E-state index contributed by atoms with van der Waals surface area (Å²) < 4.78 is 19.0. The van der Waals surface area contributed by atoms with Gasteiger partial charge in [0, 0.05) is 17.8 Å². The molecule has 0 saturated carbocycles. The normalized spacial score (nSPS) is 17.5. The zero-order chi connectivity index (χ0) is 20.8. The Balaban J connectivity index is 1.25. The molecule has 0 unspecified atom stereocenters. The molecule has 1 aromatic heterocycles. The summed E-state index contributed by atoms with van der Waals surface area (Å²) in [5, 5.41) is 3.48. The van der Waals surface area contributed by atoms with Gasteiger partial charge in [0.1, 0.15) is 5.82 Å². The lowest BCUT2D eigenvalue weighted by Gasteiger charge is -2.31. The highest BCUT2D eigenvalue weighted by Gasteiger charge is 2.30. The third-order valence-electron chi connectivity index (χ3n) is 6.36. The van der Waals surface area contributed by atoms with Crippen molar-refractivity contribution in [2.45, 2.75) is 32.1 Å². The van der Waals surface area contributed by atoms with Crippen LogP contribution in [0.5, 0.6) is 0 Å². The molecule has 3 aromatic rings. The van der Waals surface area contributed by atoms with Gasteiger partial charge in [0.15, 0.2) is 0 Å². The molecular formula is C23H22FN3O2S. The first-order valence-electron chi connectivity index (χ1n) is 10.3. The molecule has 30 heavy (non-hydrogen) atoms. The van der Waals surface area contributed by atoms with Crippen molar-refractivity contribution in [3.63, 3.8) is 0 Å². The second-order valence-electron chi connectivity index (χ2n) is 8.14. The highest BCUT2D eigenvalue weighted by Crippen LogP contribution is 2.35. The molecule has 0 bridgehead atoms. The largest absolute Gasteiger partial charge is 0.303 e. The predicted octanol–water partition coefficient (Wildman–Crippen LogP) is 4.05. The standard InChI is InChI=1S/C23H22FN3O2S/c1-13-2-4-18-20(23(29)25-22(18)28)16(13)8-11-27-9-6-14(7-10-27)21-17-5-3-15(24)12-19(17)30-26-21/h2-5,12,14H,6-11H2,1H3,(H,25,28,29). The van der Waals surface area contributed by atoms with Crippen molar-refractivity contribution in [2.24, 2.45) is 0 Å². The molecule has 1 fully saturated rings. The minimum absolute atomic E-state index is 0.217. The monoisotopic (exact) mass is 423 g/mol. The Labute approximate surface area is 178 Å². The van der Waals surface area contributed by atoms with Gasteiger partial charge in [0.05, 0.1) is 21.5 Å². The van der Waals surface area contributed by atoms with Crippen molar-refractivity contribution in [3.05, 3.63) is 64.1 Å². The number of aryl methyl sites for hydroxylation is 1. The van der Waals surface area contributed by atoms with E-state index in [1.54, 1.807) is 12.1 Å². The molecule has 7 heteroatoms. The zero-order valence-corrected chi connectivity index (χ0v) is 17.5. The number of imide groups is 1. The Hall–Kier alpha value is -2.64. The maximum atomic E-state index is 13.4. The fourth-order valence-electron chi connectivity index (χ4n) is 4.68. The molecule has 3 heterocycles. The van der Waals surface area contributed by atoms with Gasteiger partial charge in [-0.3, -0.25) is 14.9 Å². The first kappa shape index (κ1) is 19.3. The number of hydrogen-bond donors (Lipinski definition) is 1. The van der Waals surface area contributed by atoms with Crippen LogP contribution in [0.1, 0.15) is 56.3 Å². The van der Waals surface area contributed by atoms with Gasteiger partial charge in [-0.1, -0.05) is 6.07 Å². The summed E-state index contributed by atoms with van der Waals surface area (Å²) in [5.74, 6) is -0.399. The molecule has 2 aliphatic rings. The molecule has 2 aliphatic heterocycles. The van der Waals surface area contributed by atoms with E-state index in [-0.39, 0.29) is 17.6 Å². The molecule has 1 N–H and O–H groups in total. The Bertz CT molecular complexity index is 1160. The van der Waals surface area contributed by atoms with Crippen LogP contribution in [0.3, 0.4) is 0 Å². The number of nitrogens with zero attached hydrogens (tertiary/aromatic N) is 2. The summed E-state index contributed by atoms with van der Waals surface area (Å²) >= 11 is 1.37. The van der Waals surface area contributed by atoms with Crippen LogP contribution < -0.4 is 5.32 Å². The first-order chi connectivity index (χ1) is 14.5. The Kier molecular flexibility index (Phi) is 4.87. The number of halogens is 1. The zero-order valence-electron chi connectivity index (χ0n) is 16.7. The number of piperidine rings is 1. The summed E-state index contributed by atoms with van der Waals surface area (Å²) in [6, 6.07) is 8.59. The topological polar surface area (TPSA) is 62.3 Å². The highest BCUT2D eigenvalue weighted by atomic mass is 32.1. The smallest absolute Gasteiger partial charge is 0.259 e. The number of benzene rings is 2. The van der Waals surface area contributed by atoms with Crippen molar-refractivity contribution in [1.29, 1.82) is 0 Å². The molecule has 0 radical (unpaired) electrons. The molecule has 2 aromatic carbocycles. The molecule has 0 spiro atoms. The molecule has 0 aliphatic carbocycles. The molecule has 0 atom stereocenters. The molecule has 154 valence electrons. The Morgan fingerprint density at radius 3 is 2.77 bits per heavy atom. The van der Waals surface area contributed by atoms with Crippen molar-refractivity contribution in [1.82, 2.24) is 14.6 Å². The van der Waals surface area contributed by atoms with Gasteiger partial charge in [-0.25, -0.2) is 4.39 Å². The van der Waals surface area contributed by atoms with Gasteiger partial charge in [-0.2, -0.15) is 4.37 Å². The fourth-order valence-corrected chi connectivity index (χ4v) is 5.56. The van der Waals surface area contributed by atoms with E-state index in [1.165, 1.54) is 17.6 Å². The van der Waals surface area contributed by atoms with E-state index in [2.05, 4.69) is 14.6 Å². The number of likely N-dealkylation sites (tertiary alicyclic amines) is 1. The minimum atomic E-state index is -0.299. The van der Waals surface area contributed by atoms with Gasteiger partial charge in [0.2, 0.25) is 0 Å². The van der Waals surface area contributed by atoms with Crippen LogP contribution in [-0.2, 0) is 6.42 Å². The quantitative estimate of drug-likeness (QED) is 0.643. The third kappa shape index (κ3) is 3.32. The highest BCUT2D eigenvalue weighted by molar-refractivity contribution is 7.13. The third-order valence-corrected chi connectivity index (χ3v) is 7.18. The van der Waals surface area contributed by atoms with Gasteiger partial charge in [-0.05, 0) is 86.2 Å². The molecular weight excluding hydrogens is 401 g/mol. The molecule has 1 saturated heterocycles. The second kappa shape index (κ2) is 7.56. The van der Waals surface area contributed by atoms with Gasteiger partial charge in [-0.15, -0.1) is 0 Å².